The van der Waals surface area contributed by atoms with Gasteiger partial charge in [-0.15, -0.1) is 0 Å². The molecule has 0 radical (unpaired) electrons. The third-order valence-corrected chi connectivity index (χ3v) is 17.0. The normalized spacial score (nSPS) is 11.4. The maximum atomic E-state index is 5.24. The van der Waals surface area contributed by atoms with E-state index in [2.05, 4.69) is 356 Å². The molecule has 3 aromatic heterocycles. The highest BCUT2D eigenvalue weighted by atomic mass is 32.1. The zero-order chi connectivity index (χ0) is 57.6. The lowest BCUT2D eigenvalue weighted by Gasteiger charge is -2.26. The Morgan fingerprint density at radius 2 is 0.402 bits per heavy atom. The fourth-order valence-corrected chi connectivity index (χ4v) is 13.2. The first kappa shape index (κ1) is 51.1. The molecule has 0 aliphatic carbocycles. The smallest absolute Gasteiger partial charge is 0.130 e. The summed E-state index contributed by atoms with van der Waals surface area (Å²) in [4.78, 5) is 9.35. The highest BCUT2D eigenvalue weighted by molar-refractivity contribution is 7.00. The predicted octanol–water partition coefficient (Wildman–Crippen LogP) is 21.8. The van der Waals surface area contributed by atoms with E-state index >= 15 is 0 Å². The van der Waals surface area contributed by atoms with Crippen LogP contribution in [0, 0.1) is 0 Å². The highest BCUT2D eigenvalue weighted by Crippen LogP contribution is 2.47. The van der Waals surface area contributed by atoms with Gasteiger partial charge < -0.3 is 28.7 Å². The van der Waals surface area contributed by atoms with Gasteiger partial charge in [0.25, 0.3) is 0 Å². The van der Waals surface area contributed by atoms with Crippen molar-refractivity contribution >= 4 is 135 Å². The third-order valence-electron chi connectivity index (χ3n) is 16.5. The van der Waals surface area contributed by atoms with Crippen LogP contribution >= 0.6 is 11.7 Å². The molecule has 0 fully saturated rings. The summed E-state index contributed by atoms with van der Waals surface area (Å²) in [5.74, 6) is 0. The molecule has 13 aromatic carbocycles. The minimum Gasteiger partial charge on any atom is -0.310 e. The van der Waals surface area contributed by atoms with Crippen LogP contribution in [0.2, 0.25) is 0 Å². The van der Waals surface area contributed by atoms with Crippen molar-refractivity contribution in [1.82, 2.24) is 17.9 Å². The molecule has 0 spiro atoms. The van der Waals surface area contributed by atoms with Crippen molar-refractivity contribution < 1.29 is 0 Å². The Morgan fingerprint density at radius 3 is 0.598 bits per heavy atom. The Morgan fingerprint density at radius 1 is 0.207 bits per heavy atom. The number of rotatable bonds is 14. The first-order valence-corrected chi connectivity index (χ1v) is 30.0. The Bertz CT molecular complexity index is 4340. The summed E-state index contributed by atoms with van der Waals surface area (Å²) >= 11 is 1.25. The molecule has 0 aliphatic rings. The first-order chi connectivity index (χ1) is 43.2. The average Bonchev–Trinajstić information content (AvgIpc) is 1.70. The number of para-hydroxylation sites is 8. The van der Waals surface area contributed by atoms with E-state index < -0.39 is 0 Å². The molecule has 0 saturated carbocycles. The van der Waals surface area contributed by atoms with Crippen molar-refractivity contribution in [2.45, 2.75) is 0 Å². The van der Waals surface area contributed by atoms with Gasteiger partial charge >= 0.3 is 0 Å². The van der Waals surface area contributed by atoms with E-state index in [1.165, 1.54) is 11.7 Å². The molecule has 8 nitrogen and oxygen atoms in total. The van der Waals surface area contributed by atoms with Crippen LogP contribution in [0.15, 0.2) is 328 Å². The van der Waals surface area contributed by atoms with E-state index in [1.54, 1.807) is 0 Å². The summed E-state index contributed by atoms with van der Waals surface area (Å²) in [5, 5.41) is 4.43. The number of hydrogen-bond donors (Lipinski definition) is 0. The molecule has 0 saturated heterocycles. The molecule has 0 N–H and O–H groups in total. The van der Waals surface area contributed by atoms with Crippen LogP contribution in [0.25, 0.3) is 66.0 Å². The van der Waals surface area contributed by atoms with Crippen LogP contribution in [0.4, 0.5) is 68.2 Å². The van der Waals surface area contributed by atoms with Gasteiger partial charge in [-0.3, -0.25) is 0 Å². The van der Waals surface area contributed by atoms with Gasteiger partial charge in [0.2, 0.25) is 0 Å². The van der Waals surface area contributed by atoms with Crippen molar-refractivity contribution in [3.63, 3.8) is 0 Å². The predicted molar refractivity (Wildman–Crippen MR) is 365 cm³/mol. The summed E-state index contributed by atoms with van der Waals surface area (Å²) in [7, 11) is 0. The molecule has 16 aromatic rings. The fourth-order valence-electron chi connectivity index (χ4n) is 12.7. The van der Waals surface area contributed by atoms with Gasteiger partial charge in [0, 0.05) is 89.8 Å². The van der Waals surface area contributed by atoms with Gasteiger partial charge in [0.05, 0.1) is 45.2 Å². The van der Waals surface area contributed by atoms with Gasteiger partial charge in [-0.25, -0.2) is 0 Å². The molecular formula is C78H54N8S. The molecule has 9 heteroatoms. The van der Waals surface area contributed by atoms with E-state index in [-0.39, 0.29) is 0 Å². The summed E-state index contributed by atoms with van der Waals surface area (Å²) in [6.45, 7) is 0. The van der Waals surface area contributed by atoms with Crippen molar-refractivity contribution in [2.75, 3.05) is 19.6 Å². The number of fused-ring (bicyclic) bond motifs is 7. The zero-order valence-corrected chi connectivity index (χ0v) is 48.0. The molecule has 0 bridgehead atoms. The quantitative estimate of drug-likeness (QED) is 0.108. The SMILES string of the molecule is c1ccc(N(c2ccccc2)c2ccc3c(c2)c2cc(N(c4ccccc4)c4ccccc4)ccc2n3-c2ccc(-n3c4ccc(N(c5ccccc5)c5ccccc5)cc4c4cc(N(c5ccccc5)c5ccccc5)ccc43)c3nsnc23)cc1. The lowest BCUT2D eigenvalue weighted by atomic mass is 10.1. The summed E-state index contributed by atoms with van der Waals surface area (Å²) < 4.78 is 15.3. The molecule has 0 amide bonds. The van der Waals surface area contributed by atoms with Gasteiger partial charge in [-0.1, -0.05) is 146 Å². The van der Waals surface area contributed by atoms with Crippen LogP contribution in [-0.4, -0.2) is 17.9 Å². The first-order valence-electron chi connectivity index (χ1n) is 29.2. The third kappa shape index (κ3) is 9.09. The van der Waals surface area contributed by atoms with Gasteiger partial charge in [-0.2, -0.15) is 8.75 Å². The largest absolute Gasteiger partial charge is 0.310 e. The minimum absolute atomic E-state index is 0.816. The van der Waals surface area contributed by atoms with E-state index in [0.717, 1.165) is 134 Å². The van der Waals surface area contributed by atoms with Crippen molar-refractivity contribution in [2.24, 2.45) is 0 Å². The Kier molecular flexibility index (Phi) is 12.9. The lowest BCUT2D eigenvalue weighted by molar-refractivity contribution is 1.16. The minimum atomic E-state index is 0.816. The van der Waals surface area contributed by atoms with Gasteiger partial charge in [-0.05, 0) is 182 Å². The number of anilines is 12. The summed E-state index contributed by atoms with van der Waals surface area (Å²) in [5.41, 5.74) is 20.5. The molecule has 16 rings (SSSR count). The molecule has 87 heavy (non-hydrogen) atoms. The standard InChI is InChI=1S/C78H54N8S/c1-9-25-55(26-10-1)81(56-27-11-2-12-28-56)63-41-45-71-67(51-63)68-52-64(82(57-29-13-3-14-30-57)58-31-15-4-16-32-58)42-46-72(68)85(71)75-49-50-76(78-77(75)79-87-80-78)86-73-47-43-65(83(59-33-17-5-18-34-59)60-35-19-6-20-36-60)53-69(73)70-54-66(44-48-74(70)86)84(61-37-21-7-22-38-61)62-39-23-8-24-40-62/h1-54H. The summed E-state index contributed by atoms with van der Waals surface area (Å²) in [6, 6.07) is 117. The van der Waals surface area contributed by atoms with Crippen molar-refractivity contribution in [3.8, 4) is 11.4 Å². The van der Waals surface area contributed by atoms with Crippen molar-refractivity contribution in [3.05, 3.63) is 328 Å². The Hall–Kier alpha value is -11.5. The molecule has 3 heterocycles. The van der Waals surface area contributed by atoms with Crippen LogP contribution in [0.5, 0.6) is 0 Å². The van der Waals surface area contributed by atoms with E-state index in [4.69, 9.17) is 8.75 Å². The monoisotopic (exact) mass is 1130 g/mol. The number of benzene rings is 13. The van der Waals surface area contributed by atoms with Gasteiger partial charge in [0.1, 0.15) is 11.0 Å². The van der Waals surface area contributed by atoms with Crippen molar-refractivity contribution in [1.29, 1.82) is 0 Å². The average molecular weight is 1140 g/mol. The molecule has 0 unspecified atom stereocenters. The second-order valence-electron chi connectivity index (χ2n) is 21.6. The van der Waals surface area contributed by atoms with Crippen LogP contribution in [0.3, 0.4) is 0 Å². The molecular weight excluding hydrogens is 1080 g/mol. The fraction of sp³-hybridized carbons (Fsp3) is 0. The molecule has 412 valence electrons. The molecule has 0 atom stereocenters. The lowest BCUT2D eigenvalue weighted by Crippen LogP contribution is -2.09. The Balaban J connectivity index is 0.918. The van der Waals surface area contributed by atoms with Crippen LogP contribution in [-0.2, 0) is 0 Å². The van der Waals surface area contributed by atoms with E-state index in [9.17, 15) is 0 Å². The zero-order valence-electron chi connectivity index (χ0n) is 47.2. The van der Waals surface area contributed by atoms with Crippen LogP contribution < -0.4 is 19.6 Å². The highest BCUT2D eigenvalue weighted by Gasteiger charge is 2.26. The number of nitrogens with zero attached hydrogens (tertiary/aromatic N) is 8. The van der Waals surface area contributed by atoms with Gasteiger partial charge in [0.15, 0.2) is 0 Å². The second-order valence-corrected chi connectivity index (χ2v) is 22.1. The summed E-state index contributed by atoms with van der Waals surface area (Å²) in [6.07, 6.45) is 0. The maximum absolute atomic E-state index is 5.24. The second kappa shape index (κ2) is 21.9. The number of hydrogen-bond acceptors (Lipinski definition) is 7. The van der Waals surface area contributed by atoms with E-state index in [1.807, 2.05) is 0 Å². The topological polar surface area (TPSA) is 48.6 Å². The number of aromatic nitrogens is 4. The van der Waals surface area contributed by atoms with Crippen LogP contribution in [0.1, 0.15) is 0 Å². The molecule has 0 aliphatic heterocycles. The Labute approximate surface area is 508 Å². The maximum Gasteiger partial charge on any atom is 0.130 e. The van der Waals surface area contributed by atoms with E-state index in [0.29, 0.717) is 0 Å².